The van der Waals surface area contributed by atoms with Gasteiger partial charge >= 0.3 is 11.9 Å². The van der Waals surface area contributed by atoms with Gasteiger partial charge in [0.25, 0.3) is 0 Å². The van der Waals surface area contributed by atoms with Crippen molar-refractivity contribution < 1.29 is 28.2 Å². The number of ether oxygens (including phenoxy) is 2. The summed E-state index contributed by atoms with van der Waals surface area (Å²) in [7, 11) is 1.23. The van der Waals surface area contributed by atoms with E-state index >= 15 is 4.39 Å². The Morgan fingerprint density at radius 2 is 1.76 bits per heavy atom. The number of allylic oxidation sites excluding steroid dienone is 3. The highest BCUT2D eigenvalue weighted by atomic mass is 19.1. The van der Waals surface area contributed by atoms with Crippen molar-refractivity contribution in [3.8, 4) is 0 Å². The average molecular weight is 464 g/mol. The Morgan fingerprint density at radius 1 is 1.09 bits per heavy atom. The fourth-order valence-corrected chi connectivity index (χ4v) is 4.77. The summed E-state index contributed by atoms with van der Waals surface area (Å²) in [6, 6.07) is 15.2. The molecule has 176 valence electrons. The second-order valence-corrected chi connectivity index (χ2v) is 8.62. The topological polar surface area (TPSA) is 81.7 Å². The molecular formula is C27H26FNO5. The maximum atomic E-state index is 15.1. The van der Waals surface area contributed by atoms with Crippen molar-refractivity contribution in [2.75, 3.05) is 7.11 Å². The Hall–Kier alpha value is -3.74. The van der Waals surface area contributed by atoms with Crippen molar-refractivity contribution >= 4 is 17.7 Å². The van der Waals surface area contributed by atoms with Crippen LogP contribution in [0, 0.1) is 17.7 Å². The Balaban J connectivity index is 1.78. The second kappa shape index (κ2) is 9.63. The molecular weight excluding hydrogens is 437 g/mol. The highest BCUT2D eigenvalue weighted by Crippen LogP contribution is 2.46. The molecule has 4 rings (SSSR count). The standard InChI is InChI=1S/C27H26FNO5/c1-15-13-20-24(25(30)21(15)26(31)33-3)23(18-11-7-8-12-19(18)28)22(16(2)29-20)27(32)34-14-17-9-5-4-6-10-17/h4-12,15,21,23,29H,13-14H2,1-3H3/t15-,21+,23-/m0/s1. The first-order chi connectivity index (χ1) is 16.3. The van der Waals surface area contributed by atoms with E-state index in [0.29, 0.717) is 17.8 Å². The molecule has 1 aliphatic carbocycles. The molecule has 34 heavy (non-hydrogen) atoms. The molecule has 0 fully saturated rings. The van der Waals surface area contributed by atoms with E-state index < -0.39 is 35.4 Å². The molecule has 2 aromatic carbocycles. The lowest BCUT2D eigenvalue weighted by Gasteiger charge is -2.38. The van der Waals surface area contributed by atoms with Crippen LogP contribution in [0.1, 0.15) is 37.3 Å². The number of halogens is 1. The molecule has 2 aliphatic rings. The third kappa shape index (κ3) is 4.25. The van der Waals surface area contributed by atoms with E-state index in [1.165, 1.54) is 13.2 Å². The summed E-state index contributed by atoms with van der Waals surface area (Å²) in [6.07, 6.45) is 0.384. The number of carbonyl (C=O) groups excluding carboxylic acids is 3. The third-order valence-electron chi connectivity index (χ3n) is 6.39. The van der Waals surface area contributed by atoms with Crippen molar-refractivity contribution in [1.82, 2.24) is 5.32 Å². The minimum absolute atomic E-state index is 0.0299. The van der Waals surface area contributed by atoms with Gasteiger partial charge in [-0.2, -0.15) is 0 Å². The summed E-state index contributed by atoms with van der Waals surface area (Å²) in [6.45, 7) is 3.53. The molecule has 0 unspecified atom stereocenters. The van der Waals surface area contributed by atoms with Gasteiger partial charge in [-0.1, -0.05) is 55.5 Å². The first kappa shape index (κ1) is 23.4. The van der Waals surface area contributed by atoms with Gasteiger partial charge in [-0.15, -0.1) is 0 Å². The number of nitrogens with one attached hydrogen (secondary N) is 1. The molecule has 3 atom stereocenters. The minimum atomic E-state index is -1.03. The summed E-state index contributed by atoms with van der Waals surface area (Å²) in [5, 5.41) is 3.17. The van der Waals surface area contributed by atoms with Gasteiger partial charge in [-0.25, -0.2) is 9.18 Å². The fraction of sp³-hybridized carbons (Fsp3) is 0.296. The summed E-state index contributed by atoms with van der Waals surface area (Å²) in [5.74, 6) is -4.67. The van der Waals surface area contributed by atoms with Crippen LogP contribution in [-0.4, -0.2) is 24.8 Å². The molecule has 0 amide bonds. The highest BCUT2D eigenvalue weighted by molar-refractivity contribution is 6.12. The molecule has 0 saturated carbocycles. The van der Waals surface area contributed by atoms with Gasteiger partial charge in [0.2, 0.25) is 0 Å². The van der Waals surface area contributed by atoms with E-state index in [1.54, 1.807) is 32.0 Å². The van der Waals surface area contributed by atoms with Gasteiger partial charge in [0.15, 0.2) is 5.78 Å². The molecule has 1 heterocycles. The molecule has 0 saturated heterocycles. The van der Waals surface area contributed by atoms with Crippen molar-refractivity contribution in [2.45, 2.75) is 32.8 Å². The molecule has 1 aliphatic heterocycles. The van der Waals surface area contributed by atoms with Gasteiger partial charge in [-0.3, -0.25) is 9.59 Å². The first-order valence-corrected chi connectivity index (χ1v) is 11.1. The molecule has 6 nitrogen and oxygen atoms in total. The van der Waals surface area contributed by atoms with Crippen LogP contribution in [0.2, 0.25) is 0 Å². The number of hydrogen-bond donors (Lipinski definition) is 1. The molecule has 2 aromatic rings. The Kier molecular flexibility index (Phi) is 6.63. The smallest absolute Gasteiger partial charge is 0.337 e. The number of ketones is 1. The van der Waals surface area contributed by atoms with E-state index in [9.17, 15) is 14.4 Å². The van der Waals surface area contributed by atoms with Gasteiger partial charge in [0, 0.05) is 22.5 Å². The lowest BCUT2D eigenvalue weighted by atomic mass is 9.69. The van der Waals surface area contributed by atoms with Gasteiger partial charge in [-0.05, 0) is 30.9 Å². The summed E-state index contributed by atoms with van der Waals surface area (Å²) in [4.78, 5) is 39.4. The lowest BCUT2D eigenvalue weighted by molar-refractivity contribution is -0.151. The van der Waals surface area contributed by atoms with Crippen LogP contribution in [0.3, 0.4) is 0 Å². The zero-order chi connectivity index (χ0) is 24.4. The maximum absolute atomic E-state index is 15.1. The average Bonchev–Trinajstić information content (AvgIpc) is 2.82. The Bertz CT molecular complexity index is 1200. The highest BCUT2D eigenvalue weighted by Gasteiger charge is 2.47. The summed E-state index contributed by atoms with van der Waals surface area (Å²) in [5.41, 5.74) is 2.40. The van der Waals surface area contributed by atoms with Crippen LogP contribution >= 0.6 is 0 Å². The van der Waals surface area contributed by atoms with E-state index in [2.05, 4.69) is 5.32 Å². The normalized spacial score (nSPS) is 22.1. The van der Waals surface area contributed by atoms with Crippen LogP contribution in [0.25, 0.3) is 0 Å². The lowest BCUT2D eigenvalue weighted by Crippen LogP contribution is -2.43. The van der Waals surface area contributed by atoms with Crippen molar-refractivity contribution in [2.24, 2.45) is 11.8 Å². The molecule has 0 aromatic heterocycles. The summed E-state index contributed by atoms with van der Waals surface area (Å²) >= 11 is 0. The van der Waals surface area contributed by atoms with E-state index in [0.717, 1.165) is 5.56 Å². The van der Waals surface area contributed by atoms with Crippen LogP contribution in [0.4, 0.5) is 4.39 Å². The van der Waals surface area contributed by atoms with Crippen LogP contribution in [0.5, 0.6) is 0 Å². The third-order valence-corrected chi connectivity index (χ3v) is 6.39. The predicted octanol–water partition coefficient (Wildman–Crippen LogP) is 4.18. The number of carbonyl (C=O) groups is 3. The minimum Gasteiger partial charge on any atom is -0.468 e. The second-order valence-electron chi connectivity index (χ2n) is 8.62. The predicted molar refractivity (Wildman–Crippen MR) is 123 cm³/mol. The van der Waals surface area contributed by atoms with E-state index in [1.807, 2.05) is 30.3 Å². The molecule has 7 heteroatoms. The Morgan fingerprint density at radius 3 is 2.44 bits per heavy atom. The zero-order valence-electron chi connectivity index (χ0n) is 19.3. The quantitative estimate of drug-likeness (QED) is 0.529. The first-order valence-electron chi connectivity index (χ1n) is 11.1. The fourth-order valence-electron chi connectivity index (χ4n) is 4.77. The SMILES string of the molecule is COC(=O)[C@H]1C(=O)C2=C(C[C@@H]1C)NC(C)=C(C(=O)OCc1ccccc1)[C@@H]2c1ccccc1F. The molecule has 1 N–H and O–H groups in total. The number of methoxy groups -OCH3 is 1. The van der Waals surface area contributed by atoms with Crippen molar-refractivity contribution in [1.29, 1.82) is 0 Å². The maximum Gasteiger partial charge on any atom is 0.337 e. The molecule has 0 radical (unpaired) electrons. The van der Waals surface area contributed by atoms with E-state index in [4.69, 9.17) is 9.47 Å². The van der Waals surface area contributed by atoms with E-state index in [-0.39, 0.29) is 29.2 Å². The summed E-state index contributed by atoms with van der Waals surface area (Å²) < 4.78 is 25.5. The molecule has 0 bridgehead atoms. The number of rotatable bonds is 5. The Labute approximate surface area is 197 Å². The number of benzene rings is 2. The van der Waals surface area contributed by atoms with Crippen molar-refractivity contribution in [3.05, 3.63) is 94.1 Å². The van der Waals surface area contributed by atoms with Crippen LogP contribution in [0.15, 0.2) is 77.1 Å². The number of hydrogen-bond acceptors (Lipinski definition) is 6. The van der Waals surface area contributed by atoms with Crippen molar-refractivity contribution in [3.63, 3.8) is 0 Å². The number of Topliss-reactive ketones (excluding diaryl/α,β-unsaturated/α-hetero) is 1. The van der Waals surface area contributed by atoms with Gasteiger partial charge < -0.3 is 14.8 Å². The monoisotopic (exact) mass is 463 g/mol. The molecule has 0 spiro atoms. The number of esters is 2. The van der Waals surface area contributed by atoms with Crippen LogP contribution < -0.4 is 5.32 Å². The number of dihydropyridines is 1. The zero-order valence-corrected chi connectivity index (χ0v) is 19.3. The van der Waals surface area contributed by atoms with Gasteiger partial charge in [0.1, 0.15) is 18.3 Å². The van der Waals surface area contributed by atoms with Crippen LogP contribution in [-0.2, 0) is 30.5 Å². The largest absolute Gasteiger partial charge is 0.468 e. The van der Waals surface area contributed by atoms with Gasteiger partial charge in [0.05, 0.1) is 18.6 Å².